The van der Waals surface area contributed by atoms with Crippen LogP contribution >= 0.6 is 0 Å². The molecule has 5 nitrogen and oxygen atoms in total. The lowest BCUT2D eigenvalue weighted by atomic mass is 10.2. The molecule has 0 bridgehead atoms. The molecule has 0 saturated heterocycles. The summed E-state index contributed by atoms with van der Waals surface area (Å²) in [4.78, 5) is 10.8. The van der Waals surface area contributed by atoms with Gasteiger partial charge in [0.1, 0.15) is 0 Å². The van der Waals surface area contributed by atoms with E-state index >= 15 is 0 Å². The van der Waals surface area contributed by atoms with Gasteiger partial charge in [-0.05, 0) is 18.2 Å². The quantitative estimate of drug-likeness (QED) is 0.783. The topological polar surface area (TPSA) is 65.0 Å². The van der Waals surface area contributed by atoms with Crippen molar-refractivity contribution >= 4 is 5.97 Å². The predicted molar refractivity (Wildman–Crippen MR) is 62.1 cm³/mol. The Morgan fingerprint density at radius 3 is 2.50 bits per heavy atom. The minimum Gasteiger partial charge on any atom is -0.490 e. The maximum absolute atomic E-state index is 12.2. The zero-order chi connectivity index (χ0) is 15.2. The number of carboxylic acids is 1. The summed E-state index contributed by atoms with van der Waals surface area (Å²) in [6.07, 6.45) is -4.44. The second-order valence-electron chi connectivity index (χ2n) is 3.71. The summed E-state index contributed by atoms with van der Waals surface area (Å²) < 4.78 is 50.3. The minimum atomic E-state index is -4.88. The molecule has 112 valence electrons. The fraction of sp³-hybridized carbons (Fsp3) is 0.417. The van der Waals surface area contributed by atoms with E-state index in [2.05, 4.69) is 4.74 Å². The molecule has 8 heteroatoms. The van der Waals surface area contributed by atoms with Gasteiger partial charge in [0.25, 0.3) is 0 Å². The van der Waals surface area contributed by atoms with Gasteiger partial charge in [0.15, 0.2) is 11.5 Å². The van der Waals surface area contributed by atoms with Crippen LogP contribution < -0.4 is 9.47 Å². The number of methoxy groups -OCH3 is 1. The Hall–Kier alpha value is -1.96. The van der Waals surface area contributed by atoms with E-state index in [0.717, 1.165) is 18.2 Å². The lowest BCUT2D eigenvalue weighted by molar-refractivity contribution is -0.275. The van der Waals surface area contributed by atoms with E-state index in [0.29, 0.717) is 13.0 Å². The third-order valence-corrected chi connectivity index (χ3v) is 2.17. The molecular formula is C12H13F3O5. The van der Waals surface area contributed by atoms with E-state index in [4.69, 9.17) is 14.6 Å². The summed E-state index contributed by atoms with van der Waals surface area (Å²) in [5, 5.41) is 8.80. The summed E-state index contributed by atoms with van der Waals surface area (Å²) in [6, 6.07) is 2.89. The van der Waals surface area contributed by atoms with Crippen LogP contribution in [-0.2, 0) is 4.74 Å². The van der Waals surface area contributed by atoms with Gasteiger partial charge >= 0.3 is 12.3 Å². The number of rotatable bonds is 7. The van der Waals surface area contributed by atoms with Crippen molar-refractivity contribution in [3.8, 4) is 11.5 Å². The first-order valence-corrected chi connectivity index (χ1v) is 5.58. The summed E-state index contributed by atoms with van der Waals surface area (Å²) in [5.74, 6) is -2.14. The molecule has 0 radical (unpaired) electrons. The Balaban J connectivity index is 2.88. The molecule has 0 aliphatic heterocycles. The van der Waals surface area contributed by atoms with E-state index < -0.39 is 18.1 Å². The molecule has 0 spiro atoms. The molecule has 1 N–H and O–H groups in total. The van der Waals surface area contributed by atoms with Crippen molar-refractivity contribution in [2.45, 2.75) is 12.8 Å². The van der Waals surface area contributed by atoms with Gasteiger partial charge < -0.3 is 19.3 Å². The van der Waals surface area contributed by atoms with Gasteiger partial charge in [-0.2, -0.15) is 0 Å². The predicted octanol–water partition coefficient (Wildman–Crippen LogP) is 2.70. The average Bonchev–Trinajstić information content (AvgIpc) is 2.34. The Morgan fingerprint density at radius 1 is 1.25 bits per heavy atom. The number of carbonyl (C=O) groups is 1. The summed E-state index contributed by atoms with van der Waals surface area (Å²) in [7, 11) is 1.48. The molecule has 20 heavy (non-hydrogen) atoms. The standard InChI is InChI=1S/C12H13F3O5/c1-18-5-2-6-19-10-7-8(11(16)17)3-4-9(10)20-12(13,14)15/h3-4,7H,2,5-6H2,1H3,(H,16,17). The molecule has 0 aromatic heterocycles. The van der Waals surface area contributed by atoms with E-state index in [-0.39, 0.29) is 17.9 Å². The highest BCUT2D eigenvalue weighted by molar-refractivity contribution is 5.88. The molecule has 0 atom stereocenters. The highest BCUT2D eigenvalue weighted by Crippen LogP contribution is 2.33. The van der Waals surface area contributed by atoms with Crippen molar-refractivity contribution in [1.82, 2.24) is 0 Å². The van der Waals surface area contributed by atoms with Gasteiger partial charge in [-0.1, -0.05) is 0 Å². The smallest absolute Gasteiger partial charge is 0.490 e. The van der Waals surface area contributed by atoms with Crippen molar-refractivity contribution in [2.75, 3.05) is 20.3 Å². The van der Waals surface area contributed by atoms with Crippen LogP contribution in [0.2, 0.25) is 0 Å². The fourth-order valence-electron chi connectivity index (χ4n) is 1.35. The second-order valence-corrected chi connectivity index (χ2v) is 3.71. The Kier molecular flexibility index (Phi) is 5.63. The van der Waals surface area contributed by atoms with Gasteiger partial charge in [-0.25, -0.2) is 4.79 Å². The van der Waals surface area contributed by atoms with Gasteiger partial charge in [0, 0.05) is 20.1 Å². The first-order chi connectivity index (χ1) is 9.33. The number of halogens is 3. The van der Waals surface area contributed by atoms with E-state index in [1.165, 1.54) is 7.11 Å². The third-order valence-electron chi connectivity index (χ3n) is 2.17. The molecule has 0 saturated carbocycles. The lowest BCUT2D eigenvalue weighted by Crippen LogP contribution is -2.18. The van der Waals surface area contributed by atoms with Crippen LogP contribution in [0, 0.1) is 0 Å². The first kappa shape index (κ1) is 16.1. The average molecular weight is 294 g/mol. The molecule has 1 rings (SSSR count). The van der Waals surface area contributed by atoms with Crippen LogP contribution in [0.4, 0.5) is 13.2 Å². The second kappa shape index (κ2) is 6.99. The summed E-state index contributed by atoms with van der Waals surface area (Å²) >= 11 is 0. The maximum atomic E-state index is 12.2. The van der Waals surface area contributed by atoms with Gasteiger partial charge in [-0.3, -0.25) is 0 Å². The van der Waals surface area contributed by atoms with Crippen molar-refractivity contribution < 1.29 is 37.3 Å². The summed E-state index contributed by atoms with van der Waals surface area (Å²) in [6.45, 7) is 0.444. The number of hydrogen-bond donors (Lipinski definition) is 1. The van der Waals surface area contributed by atoms with Crippen molar-refractivity contribution in [1.29, 1.82) is 0 Å². The number of carboxylic acid groups (broad SMARTS) is 1. The zero-order valence-electron chi connectivity index (χ0n) is 10.6. The van der Waals surface area contributed by atoms with Crippen molar-refractivity contribution in [3.63, 3.8) is 0 Å². The Bertz CT molecular complexity index is 459. The van der Waals surface area contributed by atoms with E-state index in [9.17, 15) is 18.0 Å². The summed E-state index contributed by atoms with van der Waals surface area (Å²) in [5.41, 5.74) is -0.193. The van der Waals surface area contributed by atoms with Gasteiger partial charge in [-0.15, -0.1) is 13.2 Å². The lowest BCUT2D eigenvalue weighted by Gasteiger charge is -2.14. The Labute approximate surface area is 112 Å². The third kappa shape index (κ3) is 5.35. The maximum Gasteiger partial charge on any atom is 0.573 e. The van der Waals surface area contributed by atoms with Crippen LogP contribution in [-0.4, -0.2) is 37.8 Å². The molecule has 0 aliphatic rings. The van der Waals surface area contributed by atoms with Crippen LogP contribution in [0.3, 0.4) is 0 Å². The molecule has 0 heterocycles. The molecule has 0 fully saturated rings. The largest absolute Gasteiger partial charge is 0.573 e. The monoisotopic (exact) mass is 294 g/mol. The first-order valence-electron chi connectivity index (χ1n) is 5.58. The Morgan fingerprint density at radius 2 is 1.95 bits per heavy atom. The van der Waals surface area contributed by atoms with Crippen LogP contribution in [0.25, 0.3) is 0 Å². The van der Waals surface area contributed by atoms with Crippen LogP contribution in [0.1, 0.15) is 16.8 Å². The van der Waals surface area contributed by atoms with E-state index in [1.807, 2.05) is 0 Å². The molecule has 1 aromatic rings. The molecule has 0 amide bonds. The molecule has 0 aliphatic carbocycles. The SMILES string of the molecule is COCCCOc1cc(C(=O)O)ccc1OC(F)(F)F. The number of benzene rings is 1. The number of ether oxygens (including phenoxy) is 3. The molecular weight excluding hydrogens is 281 g/mol. The number of aromatic carboxylic acids is 1. The molecule has 1 aromatic carbocycles. The number of alkyl halides is 3. The highest BCUT2D eigenvalue weighted by Gasteiger charge is 2.32. The van der Waals surface area contributed by atoms with E-state index in [1.54, 1.807) is 0 Å². The normalized spacial score (nSPS) is 11.2. The molecule has 0 unspecified atom stereocenters. The van der Waals surface area contributed by atoms with Crippen LogP contribution in [0.15, 0.2) is 18.2 Å². The highest BCUT2D eigenvalue weighted by atomic mass is 19.4. The number of hydrogen-bond acceptors (Lipinski definition) is 4. The van der Waals surface area contributed by atoms with Crippen molar-refractivity contribution in [2.24, 2.45) is 0 Å². The van der Waals surface area contributed by atoms with Crippen molar-refractivity contribution in [3.05, 3.63) is 23.8 Å². The van der Waals surface area contributed by atoms with Crippen LogP contribution in [0.5, 0.6) is 11.5 Å². The van der Waals surface area contributed by atoms with Gasteiger partial charge in [0.2, 0.25) is 0 Å². The van der Waals surface area contributed by atoms with Gasteiger partial charge in [0.05, 0.1) is 12.2 Å². The minimum absolute atomic E-state index is 0.0745. The fourth-order valence-corrected chi connectivity index (χ4v) is 1.35. The zero-order valence-corrected chi connectivity index (χ0v) is 10.6.